The molecule has 26 heavy (non-hydrogen) atoms. The number of nitrogens with zero attached hydrogens (tertiary/aromatic N) is 6. The van der Waals surface area contributed by atoms with E-state index in [1.54, 1.807) is 13.3 Å². The van der Waals surface area contributed by atoms with E-state index in [4.69, 9.17) is 4.74 Å². The fraction of sp³-hybridized carbons (Fsp3) is 0.706. The second kappa shape index (κ2) is 8.85. The van der Waals surface area contributed by atoms with Gasteiger partial charge in [-0.1, -0.05) is 0 Å². The highest BCUT2D eigenvalue weighted by Crippen LogP contribution is 2.24. The Balaban J connectivity index is 1.52. The Morgan fingerprint density at radius 2 is 2.12 bits per heavy atom. The quantitative estimate of drug-likeness (QED) is 0.567. The van der Waals surface area contributed by atoms with E-state index in [1.807, 2.05) is 7.05 Å². The minimum atomic E-state index is 0.566. The van der Waals surface area contributed by atoms with Crippen LogP contribution >= 0.6 is 15.9 Å². The number of piperazine rings is 1. The number of anilines is 1. The maximum atomic E-state index is 5.27. The van der Waals surface area contributed by atoms with E-state index < -0.39 is 0 Å². The fourth-order valence-corrected chi connectivity index (χ4v) is 3.87. The first-order valence-electron chi connectivity index (χ1n) is 9.06. The Morgan fingerprint density at radius 3 is 2.73 bits per heavy atom. The third-order valence-electron chi connectivity index (χ3n) is 5.00. The topological polar surface area (TPSA) is 69.1 Å². The van der Waals surface area contributed by atoms with Gasteiger partial charge in [0.05, 0.1) is 17.8 Å². The molecule has 3 rings (SSSR count). The van der Waals surface area contributed by atoms with E-state index in [-0.39, 0.29) is 0 Å². The van der Waals surface area contributed by atoms with Crippen molar-refractivity contribution in [3.05, 3.63) is 10.7 Å². The molecule has 2 fully saturated rings. The highest BCUT2D eigenvalue weighted by atomic mass is 79.9. The Hall–Kier alpha value is -1.61. The number of ether oxygens (including phenoxy) is 1. The van der Waals surface area contributed by atoms with Gasteiger partial charge in [0.25, 0.3) is 0 Å². The number of methoxy groups -OCH3 is 1. The van der Waals surface area contributed by atoms with Crippen molar-refractivity contribution in [1.82, 2.24) is 25.1 Å². The number of aliphatic imine (C=N–C) groups is 1. The summed E-state index contributed by atoms with van der Waals surface area (Å²) in [6, 6.07) is 0. The zero-order valence-corrected chi connectivity index (χ0v) is 17.4. The van der Waals surface area contributed by atoms with Gasteiger partial charge in [0.1, 0.15) is 0 Å². The number of halogens is 1. The second-order valence-electron chi connectivity index (χ2n) is 6.85. The van der Waals surface area contributed by atoms with Crippen molar-refractivity contribution in [2.24, 2.45) is 10.9 Å². The van der Waals surface area contributed by atoms with Crippen LogP contribution in [0.5, 0.6) is 5.88 Å². The molecule has 3 heterocycles. The SMILES string of the molecule is CN=C(NCC1CCN(C)C1)N1CCN(c2ncc(Br)c(OC)n2)CC1. The molecule has 2 aliphatic heterocycles. The van der Waals surface area contributed by atoms with Crippen LogP contribution in [0.15, 0.2) is 15.7 Å². The van der Waals surface area contributed by atoms with Gasteiger partial charge in [-0.2, -0.15) is 4.98 Å². The van der Waals surface area contributed by atoms with E-state index in [9.17, 15) is 0 Å². The van der Waals surface area contributed by atoms with Gasteiger partial charge in [0, 0.05) is 46.3 Å². The van der Waals surface area contributed by atoms with Crippen molar-refractivity contribution in [1.29, 1.82) is 0 Å². The summed E-state index contributed by atoms with van der Waals surface area (Å²) in [6.45, 7) is 6.86. The Kier molecular flexibility index (Phi) is 6.53. The summed E-state index contributed by atoms with van der Waals surface area (Å²) in [5.74, 6) is 2.98. The molecule has 1 unspecified atom stereocenters. The van der Waals surface area contributed by atoms with Crippen LogP contribution in [0.2, 0.25) is 0 Å². The first-order chi connectivity index (χ1) is 12.6. The van der Waals surface area contributed by atoms with Gasteiger partial charge in [0.15, 0.2) is 5.96 Å². The predicted octanol–water partition coefficient (Wildman–Crippen LogP) is 0.897. The Bertz CT molecular complexity index is 634. The van der Waals surface area contributed by atoms with Crippen LogP contribution in [0, 0.1) is 5.92 Å². The molecule has 0 spiro atoms. The molecule has 2 saturated heterocycles. The van der Waals surface area contributed by atoms with Crippen molar-refractivity contribution in [3.63, 3.8) is 0 Å². The average molecular weight is 426 g/mol. The zero-order valence-electron chi connectivity index (χ0n) is 15.8. The zero-order chi connectivity index (χ0) is 18.5. The molecule has 0 radical (unpaired) electrons. The van der Waals surface area contributed by atoms with Crippen LogP contribution in [0.4, 0.5) is 5.95 Å². The van der Waals surface area contributed by atoms with Crippen LogP contribution in [0.3, 0.4) is 0 Å². The van der Waals surface area contributed by atoms with E-state index in [0.717, 1.165) is 43.2 Å². The third-order valence-corrected chi connectivity index (χ3v) is 5.55. The van der Waals surface area contributed by atoms with Crippen molar-refractivity contribution < 1.29 is 4.74 Å². The minimum absolute atomic E-state index is 0.566. The monoisotopic (exact) mass is 425 g/mol. The standard InChI is InChI=1S/C17H28BrN7O/c1-19-16(20-10-13-4-5-23(2)12-13)24-6-8-25(9-7-24)17-21-11-14(18)15(22-17)26-3/h11,13H,4-10,12H2,1-3H3,(H,19,20). The number of aromatic nitrogens is 2. The van der Waals surface area contributed by atoms with Gasteiger partial charge < -0.3 is 24.8 Å². The third kappa shape index (κ3) is 4.56. The molecule has 0 saturated carbocycles. The van der Waals surface area contributed by atoms with E-state index in [0.29, 0.717) is 17.7 Å². The molecular weight excluding hydrogens is 398 g/mol. The molecule has 9 heteroatoms. The predicted molar refractivity (Wildman–Crippen MR) is 107 cm³/mol. The lowest BCUT2D eigenvalue weighted by molar-refractivity contribution is 0.359. The van der Waals surface area contributed by atoms with E-state index >= 15 is 0 Å². The second-order valence-corrected chi connectivity index (χ2v) is 7.70. The molecule has 1 aromatic rings. The molecule has 144 valence electrons. The summed E-state index contributed by atoms with van der Waals surface area (Å²) >= 11 is 3.40. The van der Waals surface area contributed by atoms with Gasteiger partial charge >= 0.3 is 0 Å². The molecule has 1 atom stereocenters. The van der Waals surface area contributed by atoms with Crippen molar-refractivity contribution >= 4 is 27.8 Å². The molecule has 0 aliphatic carbocycles. The Morgan fingerprint density at radius 1 is 1.35 bits per heavy atom. The van der Waals surface area contributed by atoms with Crippen molar-refractivity contribution in [3.8, 4) is 5.88 Å². The van der Waals surface area contributed by atoms with Crippen LogP contribution < -0.4 is 15.0 Å². The molecule has 1 aromatic heterocycles. The maximum Gasteiger partial charge on any atom is 0.232 e. The van der Waals surface area contributed by atoms with Crippen LogP contribution in [-0.4, -0.2) is 92.7 Å². The first-order valence-corrected chi connectivity index (χ1v) is 9.85. The highest BCUT2D eigenvalue weighted by Gasteiger charge is 2.24. The van der Waals surface area contributed by atoms with Gasteiger partial charge in [0.2, 0.25) is 11.8 Å². The number of nitrogens with one attached hydrogen (secondary N) is 1. The molecule has 0 aromatic carbocycles. The largest absolute Gasteiger partial charge is 0.480 e. The minimum Gasteiger partial charge on any atom is -0.480 e. The van der Waals surface area contributed by atoms with Gasteiger partial charge in [-0.25, -0.2) is 4.98 Å². The number of rotatable bonds is 4. The summed E-state index contributed by atoms with van der Waals surface area (Å²) < 4.78 is 6.04. The van der Waals surface area contributed by atoms with Gasteiger partial charge in [-0.3, -0.25) is 4.99 Å². The molecule has 8 nitrogen and oxygen atoms in total. The van der Waals surface area contributed by atoms with E-state index in [1.165, 1.54) is 19.5 Å². The molecule has 0 bridgehead atoms. The first kappa shape index (κ1) is 19.2. The normalized spacial score (nSPS) is 22.0. The fourth-order valence-electron chi connectivity index (χ4n) is 3.52. The summed E-state index contributed by atoms with van der Waals surface area (Å²) in [7, 11) is 5.66. The molecule has 0 amide bonds. The number of likely N-dealkylation sites (tertiary alicyclic amines) is 1. The summed E-state index contributed by atoms with van der Waals surface area (Å²) in [5.41, 5.74) is 0. The summed E-state index contributed by atoms with van der Waals surface area (Å²) in [5, 5.41) is 3.56. The molecule has 2 aliphatic rings. The summed E-state index contributed by atoms with van der Waals surface area (Å²) in [4.78, 5) is 20.2. The van der Waals surface area contributed by atoms with Crippen LogP contribution in [-0.2, 0) is 0 Å². The smallest absolute Gasteiger partial charge is 0.232 e. The highest BCUT2D eigenvalue weighted by molar-refractivity contribution is 9.10. The lowest BCUT2D eigenvalue weighted by atomic mass is 10.1. The maximum absolute atomic E-state index is 5.27. The Labute approximate surface area is 163 Å². The summed E-state index contributed by atoms with van der Waals surface area (Å²) in [6.07, 6.45) is 3.00. The lowest BCUT2D eigenvalue weighted by Gasteiger charge is -2.36. The van der Waals surface area contributed by atoms with Gasteiger partial charge in [-0.05, 0) is 41.9 Å². The number of hydrogen-bond donors (Lipinski definition) is 1. The average Bonchev–Trinajstić information content (AvgIpc) is 3.08. The van der Waals surface area contributed by atoms with Crippen molar-refractivity contribution in [2.75, 3.05) is 71.9 Å². The van der Waals surface area contributed by atoms with Gasteiger partial charge in [-0.15, -0.1) is 0 Å². The van der Waals surface area contributed by atoms with Crippen molar-refractivity contribution in [2.45, 2.75) is 6.42 Å². The lowest BCUT2D eigenvalue weighted by Crippen LogP contribution is -2.53. The van der Waals surface area contributed by atoms with Crippen LogP contribution in [0.25, 0.3) is 0 Å². The molecular formula is C17H28BrN7O. The number of guanidine groups is 1. The number of hydrogen-bond acceptors (Lipinski definition) is 6. The molecule has 1 N–H and O–H groups in total. The van der Waals surface area contributed by atoms with Crippen LogP contribution in [0.1, 0.15) is 6.42 Å². The van der Waals surface area contributed by atoms with E-state index in [2.05, 4.69) is 58.0 Å².